The van der Waals surface area contributed by atoms with Crippen LogP contribution in [0.2, 0.25) is 5.02 Å². The number of nitrogens with one attached hydrogen (secondary N) is 1. The van der Waals surface area contributed by atoms with Crippen LogP contribution in [-0.2, 0) is 6.42 Å². The van der Waals surface area contributed by atoms with E-state index in [0.717, 1.165) is 21.5 Å². The summed E-state index contributed by atoms with van der Waals surface area (Å²) in [6.45, 7) is 0. The average Bonchev–Trinajstić information content (AvgIpc) is 2.46. The first kappa shape index (κ1) is 15.3. The van der Waals surface area contributed by atoms with Gasteiger partial charge in [-0.25, -0.2) is 0 Å². The highest BCUT2D eigenvalue weighted by Gasteiger charge is 2.15. The highest BCUT2D eigenvalue weighted by Crippen LogP contribution is 2.27. The number of methoxy groups -OCH3 is 1. The summed E-state index contributed by atoms with van der Waals surface area (Å²) in [5, 5.41) is 0.601. The van der Waals surface area contributed by atoms with E-state index >= 15 is 0 Å². The summed E-state index contributed by atoms with van der Waals surface area (Å²) in [5.41, 5.74) is 4.66. The Morgan fingerprint density at radius 1 is 1.40 bits per heavy atom. The van der Waals surface area contributed by atoms with Gasteiger partial charge in [0.25, 0.3) is 0 Å². The first-order chi connectivity index (χ1) is 9.63. The third-order valence-electron chi connectivity index (χ3n) is 2.97. The molecule has 0 bridgehead atoms. The lowest BCUT2D eigenvalue weighted by atomic mass is 10.0. The van der Waals surface area contributed by atoms with E-state index in [4.69, 9.17) is 22.2 Å². The SMILES string of the molecule is COc1ccc(Br)cc1CC(NN)c1ccc(Cl)cn1. The summed E-state index contributed by atoms with van der Waals surface area (Å²) in [6, 6.07) is 9.41. The Balaban J connectivity index is 2.26. The number of pyridine rings is 1. The standard InChI is InChI=1S/C14H15BrClN3O/c1-20-14-5-2-10(15)6-9(14)7-13(19-17)12-4-3-11(16)8-18-12/h2-6,8,13,19H,7,17H2,1H3. The molecule has 3 N–H and O–H groups in total. The quantitative estimate of drug-likeness (QED) is 0.638. The van der Waals surface area contributed by atoms with Crippen LogP contribution in [0.25, 0.3) is 0 Å². The number of hydrazine groups is 1. The molecular formula is C14H15BrClN3O. The van der Waals surface area contributed by atoms with E-state index in [1.54, 1.807) is 19.4 Å². The van der Waals surface area contributed by atoms with Crippen LogP contribution in [0.15, 0.2) is 41.0 Å². The Kier molecular flexibility index (Phi) is 5.37. The van der Waals surface area contributed by atoms with Crippen LogP contribution in [0.3, 0.4) is 0 Å². The molecule has 1 aromatic heterocycles. The number of nitrogens with two attached hydrogens (primary N) is 1. The van der Waals surface area contributed by atoms with Crippen LogP contribution in [-0.4, -0.2) is 12.1 Å². The summed E-state index contributed by atoms with van der Waals surface area (Å²) in [7, 11) is 1.65. The normalized spacial score (nSPS) is 12.2. The molecule has 1 unspecified atom stereocenters. The van der Waals surface area contributed by atoms with Crippen molar-refractivity contribution >= 4 is 27.5 Å². The molecule has 106 valence electrons. The van der Waals surface area contributed by atoms with E-state index in [2.05, 4.69) is 26.3 Å². The van der Waals surface area contributed by atoms with Gasteiger partial charge in [-0.3, -0.25) is 16.3 Å². The Hall–Kier alpha value is -1.14. The summed E-state index contributed by atoms with van der Waals surface area (Å²) < 4.78 is 6.36. The van der Waals surface area contributed by atoms with Crippen LogP contribution in [0.5, 0.6) is 5.75 Å². The number of nitrogens with zero attached hydrogens (tertiary/aromatic N) is 1. The van der Waals surface area contributed by atoms with E-state index in [9.17, 15) is 0 Å². The van der Waals surface area contributed by atoms with Gasteiger partial charge in [0, 0.05) is 10.7 Å². The number of hydrogen-bond donors (Lipinski definition) is 2. The fourth-order valence-corrected chi connectivity index (χ4v) is 2.49. The van der Waals surface area contributed by atoms with Crippen LogP contribution in [0, 0.1) is 0 Å². The fourth-order valence-electron chi connectivity index (χ4n) is 1.97. The number of rotatable bonds is 5. The summed E-state index contributed by atoms with van der Waals surface area (Å²) in [6.07, 6.45) is 2.27. The predicted molar refractivity (Wildman–Crippen MR) is 83.7 cm³/mol. The first-order valence-electron chi connectivity index (χ1n) is 6.04. The fraction of sp³-hybridized carbons (Fsp3) is 0.214. The zero-order valence-corrected chi connectivity index (χ0v) is 13.3. The van der Waals surface area contributed by atoms with Crippen LogP contribution in [0.1, 0.15) is 17.3 Å². The van der Waals surface area contributed by atoms with Crippen molar-refractivity contribution in [1.82, 2.24) is 10.4 Å². The van der Waals surface area contributed by atoms with Gasteiger partial charge >= 0.3 is 0 Å². The Labute approximate surface area is 131 Å². The third kappa shape index (κ3) is 3.70. The first-order valence-corrected chi connectivity index (χ1v) is 7.21. The van der Waals surface area contributed by atoms with E-state index in [1.165, 1.54) is 0 Å². The van der Waals surface area contributed by atoms with Gasteiger partial charge < -0.3 is 4.74 Å². The van der Waals surface area contributed by atoms with Gasteiger partial charge in [0.2, 0.25) is 0 Å². The lowest BCUT2D eigenvalue weighted by molar-refractivity contribution is 0.405. The van der Waals surface area contributed by atoms with Gasteiger partial charge in [-0.15, -0.1) is 0 Å². The molecule has 2 aromatic rings. The van der Waals surface area contributed by atoms with E-state index in [1.807, 2.05) is 24.3 Å². The van der Waals surface area contributed by atoms with Crippen molar-refractivity contribution in [1.29, 1.82) is 0 Å². The van der Waals surface area contributed by atoms with Crippen molar-refractivity contribution in [3.63, 3.8) is 0 Å². The molecule has 0 aliphatic heterocycles. The molecule has 0 aliphatic rings. The van der Waals surface area contributed by atoms with Crippen molar-refractivity contribution < 1.29 is 4.74 Å². The molecule has 0 radical (unpaired) electrons. The lowest BCUT2D eigenvalue weighted by Gasteiger charge is -2.17. The van der Waals surface area contributed by atoms with Crippen molar-refractivity contribution in [3.05, 3.63) is 57.3 Å². The van der Waals surface area contributed by atoms with E-state index in [-0.39, 0.29) is 6.04 Å². The molecule has 20 heavy (non-hydrogen) atoms. The maximum absolute atomic E-state index is 5.85. The number of halogens is 2. The Bertz CT molecular complexity index is 577. The summed E-state index contributed by atoms with van der Waals surface area (Å²) >= 11 is 9.31. The molecule has 1 heterocycles. The maximum atomic E-state index is 5.85. The molecule has 4 nitrogen and oxygen atoms in total. The lowest BCUT2D eigenvalue weighted by Crippen LogP contribution is -2.30. The predicted octanol–water partition coefficient (Wildman–Crippen LogP) is 3.25. The van der Waals surface area contributed by atoms with Crippen LogP contribution in [0.4, 0.5) is 0 Å². The molecule has 2 rings (SSSR count). The van der Waals surface area contributed by atoms with Crippen LogP contribution >= 0.6 is 27.5 Å². The van der Waals surface area contributed by atoms with Crippen molar-refractivity contribution in [2.45, 2.75) is 12.5 Å². The second kappa shape index (κ2) is 7.04. The Morgan fingerprint density at radius 2 is 2.20 bits per heavy atom. The second-order valence-corrected chi connectivity index (χ2v) is 5.63. The summed E-state index contributed by atoms with van der Waals surface area (Å²) in [4.78, 5) is 4.30. The molecule has 0 aliphatic carbocycles. The number of ether oxygens (including phenoxy) is 1. The number of benzene rings is 1. The topological polar surface area (TPSA) is 60.2 Å². The summed E-state index contributed by atoms with van der Waals surface area (Å²) in [5.74, 6) is 6.47. The highest BCUT2D eigenvalue weighted by molar-refractivity contribution is 9.10. The van der Waals surface area contributed by atoms with Crippen molar-refractivity contribution in [2.24, 2.45) is 5.84 Å². The molecule has 6 heteroatoms. The van der Waals surface area contributed by atoms with Gasteiger partial charge in [-0.1, -0.05) is 27.5 Å². The molecule has 0 saturated heterocycles. The highest BCUT2D eigenvalue weighted by atomic mass is 79.9. The van der Waals surface area contributed by atoms with Gasteiger partial charge in [0.05, 0.1) is 23.9 Å². The minimum absolute atomic E-state index is 0.115. The number of aromatic nitrogens is 1. The van der Waals surface area contributed by atoms with Crippen LogP contribution < -0.4 is 16.0 Å². The average molecular weight is 357 g/mol. The van der Waals surface area contributed by atoms with Gasteiger partial charge in [-0.2, -0.15) is 0 Å². The zero-order valence-electron chi connectivity index (χ0n) is 10.9. The molecule has 0 spiro atoms. The minimum Gasteiger partial charge on any atom is -0.496 e. The van der Waals surface area contributed by atoms with Gasteiger partial charge in [-0.05, 0) is 42.3 Å². The third-order valence-corrected chi connectivity index (χ3v) is 3.69. The zero-order chi connectivity index (χ0) is 14.5. The molecular weight excluding hydrogens is 342 g/mol. The van der Waals surface area contributed by atoms with E-state index in [0.29, 0.717) is 11.4 Å². The maximum Gasteiger partial charge on any atom is 0.122 e. The molecule has 0 fully saturated rings. The number of hydrogen-bond acceptors (Lipinski definition) is 4. The molecule has 1 aromatic carbocycles. The molecule has 0 amide bonds. The Morgan fingerprint density at radius 3 is 2.80 bits per heavy atom. The molecule has 1 atom stereocenters. The largest absolute Gasteiger partial charge is 0.496 e. The smallest absolute Gasteiger partial charge is 0.122 e. The molecule has 0 saturated carbocycles. The van der Waals surface area contributed by atoms with Gasteiger partial charge in [0.15, 0.2) is 0 Å². The van der Waals surface area contributed by atoms with Crippen molar-refractivity contribution in [3.8, 4) is 5.75 Å². The monoisotopic (exact) mass is 355 g/mol. The van der Waals surface area contributed by atoms with Crippen molar-refractivity contribution in [2.75, 3.05) is 7.11 Å². The van der Waals surface area contributed by atoms with E-state index < -0.39 is 0 Å². The minimum atomic E-state index is -0.115. The van der Waals surface area contributed by atoms with Gasteiger partial charge in [0.1, 0.15) is 5.75 Å². The second-order valence-electron chi connectivity index (χ2n) is 4.28.